The second-order valence-electron chi connectivity index (χ2n) is 27.1. The van der Waals surface area contributed by atoms with Crippen LogP contribution in [0.5, 0.6) is 0 Å². The van der Waals surface area contributed by atoms with Crippen LogP contribution >= 0.6 is 15.6 Å². The first kappa shape index (κ1) is 88.1. The van der Waals surface area contributed by atoms with Crippen molar-refractivity contribution in [2.75, 3.05) is 39.6 Å². The molecule has 90 heavy (non-hydrogen) atoms. The molecule has 0 saturated heterocycles. The molecule has 2 unspecified atom stereocenters. The van der Waals surface area contributed by atoms with Crippen molar-refractivity contribution < 1.29 is 80.2 Å². The number of phosphoric acid groups is 2. The lowest BCUT2D eigenvalue weighted by atomic mass is 10.0. The highest BCUT2D eigenvalue weighted by atomic mass is 31.2. The van der Waals surface area contributed by atoms with Crippen LogP contribution in [0.15, 0.2) is 0 Å². The van der Waals surface area contributed by atoms with Crippen molar-refractivity contribution in [1.82, 2.24) is 0 Å². The number of hydrogen-bond donors (Lipinski definition) is 3. The van der Waals surface area contributed by atoms with E-state index in [4.69, 9.17) is 37.0 Å². The molecule has 0 aromatic carbocycles. The van der Waals surface area contributed by atoms with Crippen LogP contribution in [0, 0.1) is 17.8 Å². The number of unbranched alkanes of at least 4 members (excludes halogenated alkanes) is 37. The molecule has 5 atom stereocenters. The van der Waals surface area contributed by atoms with E-state index in [1.165, 1.54) is 161 Å². The molecule has 0 aromatic heterocycles. The Morgan fingerprint density at radius 1 is 0.300 bits per heavy atom. The molecule has 0 radical (unpaired) electrons. The standard InChI is InChI=1S/C71H138O17P2/c1-8-9-10-11-12-13-14-19-24-32-40-47-54-70(75)88-67(59-82-69(74)53-46-39-34-27-30-37-44-51-64(6)7)61-86-90(79,80)84-57-65(72)56-83-89(77,78)85-60-66(58-81-68(73)52-45-38-31-26-21-23-29-36-43-50-63(4)5)87-71(76)55-48-41-33-25-20-17-15-16-18-22-28-35-42-49-62(2)3/h62-67,72H,8-61H2,1-7H3,(H,77,78)(H,79,80)/t65-,66-,67-/m1/s1. The molecule has 0 amide bonds. The summed E-state index contributed by atoms with van der Waals surface area (Å²) >= 11 is 0. The van der Waals surface area contributed by atoms with Gasteiger partial charge < -0.3 is 33.8 Å². The highest BCUT2D eigenvalue weighted by Gasteiger charge is 2.30. The molecule has 0 heterocycles. The summed E-state index contributed by atoms with van der Waals surface area (Å²) in [5.74, 6) is 0.111. The van der Waals surface area contributed by atoms with Crippen LogP contribution in [-0.2, 0) is 65.4 Å². The first-order valence-corrected chi connectivity index (χ1v) is 39.8. The summed E-state index contributed by atoms with van der Waals surface area (Å²) in [6, 6.07) is 0. The number of esters is 4. The van der Waals surface area contributed by atoms with Crippen molar-refractivity contribution in [3.05, 3.63) is 0 Å². The van der Waals surface area contributed by atoms with E-state index < -0.39 is 97.5 Å². The van der Waals surface area contributed by atoms with E-state index >= 15 is 0 Å². The number of aliphatic hydroxyl groups excluding tert-OH is 1. The molecule has 17 nitrogen and oxygen atoms in total. The minimum absolute atomic E-state index is 0.106. The number of carbonyl (C=O) groups is 4. The molecular weight excluding hydrogens is 1190 g/mol. The van der Waals surface area contributed by atoms with Gasteiger partial charge in [0.2, 0.25) is 0 Å². The zero-order valence-corrected chi connectivity index (χ0v) is 60.4. The summed E-state index contributed by atoms with van der Waals surface area (Å²) in [6.07, 6.45) is 45.8. The van der Waals surface area contributed by atoms with Gasteiger partial charge in [0.15, 0.2) is 12.2 Å². The van der Waals surface area contributed by atoms with Crippen LogP contribution in [0.3, 0.4) is 0 Å². The number of hydrogen-bond acceptors (Lipinski definition) is 15. The molecule has 0 aliphatic carbocycles. The summed E-state index contributed by atoms with van der Waals surface area (Å²) in [6.45, 7) is 11.8. The lowest BCUT2D eigenvalue weighted by Gasteiger charge is -2.21. The third-order valence-electron chi connectivity index (χ3n) is 16.4. The van der Waals surface area contributed by atoms with E-state index in [1.54, 1.807) is 0 Å². The molecule has 0 aliphatic heterocycles. The highest BCUT2D eigenvalue weighted by Crippen LogP contribution is 2.45. The number of phosphoric ester groups is 2. The zero-order valence-electron chi connectivity index (χ0n) is 58.6. The van der Waals surface area contributed by atoms with Gasteiger partial charge in [0.25, 0.3) is 0 Å². The first-order chi connectivity index (χ1) is 43.2. The molecule has 0 saturated carbocycles. The summed E-state index contributed by atoms with van der Waals surface area (Å²) in [7, 11) is -9.90. The van der Waals surface area contributed by atoms with Gasteiger partial charge in [-0.25, -0.2) is 9.13 Å². The largest absolute Gasteiger partial charge is 0.472 e. The topological polar surface area (TPSA) is 237 Å². The van der Waals surface area contributed by atoms with Gasteiger partial charge in [-0.3, -0.25) is 37.3 Å². The van der Waals surface area contributed by atoms with Gasteiger partial charge in [0.05, 0.1) is 26.4 Å². The maximum atomic E-state index is 13.0. The van der Waals surface area contributed by atoms with Gasteiger partial charge in [0.1, 0.15) is 19.3 Å². The van der Waals surface area contributed by atoms with Gasteiger partial charge in [-0.1, -0.05) is 305 Å². The third kappa shape index (κ3) is 64.8. The summed E-state index contributed by atoms with van der Waals surface area (Å²) in [5, 5.41) is 10.6. The number of aliphatic hydroxyl groups is 1. The second-order valence-corrected chi connectivity index (χ2v) is 30.0. The van der Waals surface area contributed by atoms with E-state index in [0.717, 1.165) is 108 Å². The van der Waals surface area contributed by atoms with Gasteiger partial charge in [-0.05, 0) is 43.4 Å². The van der Waals surface area contributed by atoms with E-state index in [2.05, 4.69) is 48.5 Å². The van der Waals surface area contributed by atoms with E-state index in [-0.39, 0.29) is 25.7 Å². The summed E-state index contributed by atoms with van der Waals surface area (Å²) in [4.78, 5) is 72.6. The Morgan fingerprint density at radius 3 is 0.756 bits per heavy atom. The van der Waals surface area contributed by atoms with Crippen molar-refractivity contribution in [3.63, 3.8) is 0 Å². The molecule has 0 bridgehead atoms. The SMILES string of the molecule is CCCCCCCCCCCCCCC(=O)O[C@H](COC(=O)CCCCCCCCCC(C)C)COP(=O)(O)OC[C@H](O)COP(=O)(O)OC[C@@H](COC(=O)CCCCCCCCCCCC(C)C)OC(=O)CCCCCCCCCCCCCCCC(C)C. The third-order valence-corrected chi connectivity index (χ3v) is 18.3. The van der Waals surface area contributed by atoms with Crippen molar-refractivity contribution >= 4 is 39.5 Å². The van der Waals surface area contributed by atoms with Crippen LogP contribution < -0.4 is 0 Å². The molecule has 0 aliphatic rings. The fraction of sp³-hybridized carbons (Fsp3) is 0.944. The molecular formula is C71H138O17P2. The Labute approximate surface area is 549 Å². The molecule has 0 rings (SSSR count). The molecule has 0 fully saturated rings. The van der Waals surface area contributed by atoms with E-state index in [9.17, 15) is 43.2 Å². The Morgan fingerprint density at radius 2 is 0.511 bits per heavy atom. The molecule has 19 heteroatoms. The Hall–Kier alpha value is -1.94. The van der Waals surface area contributed by atoms with Crippen molar-refractivity contribution in [2.45, 2.75) is 375 Å². The van der Waals surface area contributed by atoms with Crippen LogP contribution in [0.1, 0.15) is 357 Å². The number of carbonyl (C=O) groups excluding carboxylic acids is 4. The molecule has 534 valence electrons. The first-order valence-electron chi connectivity index (χ1n) is 36.8. The van der Waals surface area contributed by atoms with Crippen LogP contribution in [0.2, 0.25) is 0 Å². The van der Waals surface area contributed by atoms with Crippen molar-refractivity contribution in [2.24, 2.45) is 17.8 Å². The monoisotopic (exact) mass is 1320 g/mol. The van der Waals surface area contributed by atoms with Gasteiger partial charge in [-0.2, -0.15) is 0 Å². The molecule has 0 spiro atoms. The van der Waals surface area contributed by atoms with Gasteiger partial charge >= 0.3 is 39.5 Å². The molecule has 3 N–H and O–H groups in total. The van der Waals surface area contributed by atoms with Gasteiger partial charge in [0, 0.05) is 25.7 Å². The second kappa shape index (κ2) is 61.9. The van der Waals surface area contributed by atoms with Crippen LogP contribution in [0.4, 0.5) is 0 Å². The Balaban J connectivity index is 5.25. The normalized spacial score (nSPS) is 14.2. The minimum Gasteiger partial charge on any atom is -0.462 e. The Bertz CT molecular complexity index is 1770. The average Bonchev–Trinajstić information content (AvgIpc) is 3.63. The fourth-order valence-electron chi connectivity index (χ4n) is 10.7. The number of rotatable bonds is 69. The maximum absolute atomic E-state index is 13.0. The zero-order chi connectivity index (χ0) is 66.6. The van der Waals surface area contributed by atoms with Crippen molar-refractivity contribution in [1.29, 1.82) is 0 Å². The predicted octanol–water partition coefficient (Wildman–Crippen LogP) is 20.2. The highest BCUT2D eigenvalue weighted by molar-refractivity contribution is 7.47. The molecule has 0 aromatic rings. The quantitative estimate of drug-likeness (QED) is 0.0222. The fourth-order valence-corrected chi connectivity index (χ4v) is 12.3. The minimum atomic E-state index is -4.95. The van der Waals surface area contributed by atoms with E-state index in [1.807, 2.05) is 0 Å². The maximum Gasteiger partial charge on any atom is 0.472 e. The van der Waals surface area contributed by atoms with Crippen LogP contribution in [0.25, 0.3) is 0 Å². The summed E-state index contributed by atoms with van der Waals surface area (Å²) in [5.41, 5.74) is 0. The Kier molecular flexibility index (Phi) is 60.6. The summed E-state index contributed by atoms with van der Waals surface area (Å²) < 4.78 is 68.3. The van der Waals surface area contributed by atoms with Crippen LogP contribution in [-0.4, -0.2) is 96.7 Å². The predicted molar refractivity (Wildman–Crippen MR) is 363 cm³/mol. The van der Waals surface area contributed by atoms with Crippen molar-refractivity contribution in [3.8, 4) is 0 Å². The average molecular weight is 1330 g/mol. The smallest absolute Gasteiger partial charge is 0.462 e. The van der Waals surface area contributed by atoms with Gasteiger partial charge in [-0.15, -0.1) is 0 Å². The van der Waals surface area contributed by atoms with E-state index in [0.29, 0.717) is 31.6 Å². The lowest BCUT2D eigenvalue weighted by molar-refractivity contribution is -0.161. The lowest BCUT2D eigenvalue weighted by Crippen LogP contribution is -2.30. The number of ether oxygens (including phenoxy) is 4.